The molecule has 0 aromatic heterocycles. The fourth-order valence-electron chi connectivity index (χ4n) is 2.04. The summed E-state index contributed by atoms with van der Waals surface area (Å²) in [6.45, 7) is 9.59. The van der Waals surface area contributed by atoms with E-state index in [9.17, 15) is 0 Å². The van der Waals surface area contributed by atoms with Crippen LogP contribution in [0.1, 0.15) is 39.5 Å². The molecule has 0 bridgehead atoms. The van der Waals surface area contributed by atoms with Gasteiger partial charge in [0.25, 0.3) is 0 Å². The van der Waals surface area contributed by atoms with Crippen LogP contribution in [0.4, 0.5) is 0 Å². The first-order valence-electron chi connectivity index (χ1n) is 5.10. The molecule has 1 N–H and O–H groups in total. The van der Waals surface area contributed by atoms with E-state index in [0.29, 0.717) is 6.04 Å². The van der Waals surface area contributed by atoms with E-state index in [1.54, 1.807) is 0 Å². The molecule has 1 rings (SSSR count). The summed E-state index contributed by atoms with van der Waals surface area (Å²) in [5.41, 5.74) is 1.31. The Labute approximate surface area is 76.2 Å². The molecule has 0 radical (unpaired) electrons. The van der Waals surface area contributed by atoms with Crippen LogP contribution in [0.5, 0.6) is 0 Å². The highest BCUT2D eigenvalue weighted by Gasteiger charge is 2.19. The monoisotopic (exact) mass is 167 g/mol. The van der Waals surface area contributed by atoms with Crippen LogP contribution in [0.3, 0.4) is 0 Å². The third-order valence-corrected chi connectivity index (χ3v) is 2.78. The maximum absolute atomic E-state index is 3.96. The van der Waals surface area contributed by atoms with Crippen molar-refractivity contribution in [3.63, 3.8) is 0 Å². The summed E-state index contributed by atoms with van der Waals surface area (Å²) >= 11 is 0. The highest BCUT2D eigenvalue weighted by atomic mass is 14.9. The van der Waals surface area contributed by atoms with Crippen LogP contribution in [-0.4, -0.2) is 12.6 Å². The number of piperidine rings is 1. The van der Waals surface area contributed by atoms with Crippen molar-refractivity contribution in [3.8, 4) is 0 Å². The number of rotatable bonds is 3. The number of hydrogen-bond acceptors (Lipinski definition) is 1. The molecule has 0 saturated carbocycles. The van der Waals surface area contributed by atoms with Gasteiger partial charge in [0.15, 0.2) is 0 Å². The molecular weight excluding hydrogens is 146 g/mol. The fraction of sp³-hybridized carbons (Fsp3) is 0.818. The molecule has 1 aliphatic heterocycles. The summed E-state index contributed by atoms with van der Waals surface area (Å²) in [5.74, 6) is 0.954. The number of hydrogen-bond donors (Lipinski definition) is 1. The zero-order chi connectivity index (χ0) is 8.97. The van der Waals surface area contributed by atoms with Crippen molar-refractivity contribution in [2.24, 2.45) is 5.92 Å². The maximum Gasteiger partial charge on any atom is 0.0107 e. The van der Waals surface area contributed by atoms with Crippen molar-refractivity contribution in [2.75, 3.05) is 6.54 Å². The molecule has 12 heavy (non-hydrogen) atoms. The van der Waals surface area contributed by atoms with Gasteiger partial charge in [-0.25, -0.2) is 0 Å². The van der Waals surface area contributed by atoms with E-state index in [-0.39, 0.29) is 0 Å². The Hall–Kier alpha value is -0.300. The molecule has 0 aromatic carbocycles. The summed E-state index contributed by atoms with van der Waals surface area (Å²) in [6.07, 6.45) is 5.22. The molecule has 1 saturated heterocycles. The molecule has 2 unspecified atom stereocenters. The molecule has 1 heteroatoms. The van der Waals surface area contributed by atoms with Gasteiger partial charge in [-0.05, 0) is 38.6 Å². The van der Waals surface area contributed by atoms with Crippen LogP contribution in [0.2, 0.25) is 0 Å². The fourth-order valence-corrected chi connectivity index (χ4v) is 2.04. The molecule has 1 heterocycles. The lowest BCUT2D eigenvalue weighted by molar-refractivity contribution is 0.294. The Morgan fingerprint density at radius 1 is 1.58 bits per heavy atom. The first-order chi connectivity index (χ1) is 5.72. The van der Waals surface area contributed by atoms with E-state index in [2.05, 4.69) is 25.7 Å². The lowest BCUT2D eigenvalue weighted by Crippen LogP contribution is -2.37. The topological polar surface area (TPSA) is 12.0 Å². The molecule has 2 atom stereocenters. The maximum atomic E-state index is 3.96. The van der Waals surface area contributed by atoms with Gasteiger partial charge in [0.1, 0.15) is 0 Å². The van der Waals surface area contributed by atoms with Gasteiger partial charge in [-0.15, -0.1) is 6.58 Å². The smallest absolute Gasteiger partial charge is 0.0107 e. The van der Waals surface area contributed by atoms with E-state index < -0.39 is 0 Å². The predicted octanol–water partition coefficient (Wildman–Crippen LogP) is 2.73. The van der Waals surface area contributed by atoms with E-state index in [1.807, 2.05) is 0 Å². The van der Waals surface area contributed by atoms with E-state index in [1.165, 1.54) is 31.4 Å². The van der Waals surface area contributed by atoms with Gasteiger partial charge in [-0.3, -0.25) is 0 Å². The Kier molecular flexibility index (Phi) is 3.80. The van der Waals surface area contributed by atoms with Gasteiger partial charge in [-0.2, -0.15) is 0 Å². The van der Waals surface area contributed by atoms with Gasteiger partial charge in [0.2, 0.25) is 0 Å². The summed E-state index contributed by atoms with van der Waals surface area (Å²) in [7, 11) is 0. The molecule has 1 fully saturated rings. The molecule has 0 spiro atoms. The zero-order valence-electron chi connectivity index (χ0n) is 8.40. The first-order valence-corrected chi connectivity index (χ1v) is 5.10. The van der Waals surface area contributed by atoms with Gasteiger partial charge in [-0.1, -0.05) is 18.9 Å². The van der Waals surface area contributed by atoms with Crippen molar-refractivity contribution in [3.05, 3.63) is 12.2 Å². The van der Waals surface area contributed by atoms with Crippen molar-refractivity contribution >= 4 is 0 Å². The van der Waals surface area contributed by atoms with Gasteiger partial charge in [0.05, 0.1) is 0 Å². The summed E-state index contributed by atoms with van der Waals surface area (Å²) in [4.78, 5) is 0. The van der Waals surface area contributed by atoms with E-state index in [0.717, 1.165) is 12.3 Å². The number of nitrogens with one attached hydrogen (secondary N) is 1. The second-order valence-corrected chi connectivity index (χ2v) is 4.11. The van der Waals surface area contributed by atoms with Crippen LogP contribution >= 0.6 is 0 Å². The predicted molar refractivity (Wildman–Crippen MR) is 54.2 cm³/mol. The van der Waals surface area contributed by atoms with Gasteiger partial charge in [0, 0.05) is 6.04 Å². The Bertz CT molecular complexity index is 151. The molecule has 1 aliphatic rings. The molecule has 0 aliphatic carbocycles. The third kappa shape index (κ3) is 2.98. The minimum atomic E-state index is 0.709. The molecule has 1 nitrogen and oxygen atoms in total. The molecule has 0 amide bonds. The highest BCUT2D eigenvalue weighted by molar-refractivity contribution is 4.94. The summed E-state index contributed by atoms with van der Waals surface area (Å²) < 4.78 is 0. The molecular formula is C11H21N. The van der Waals surface area contributed by atoms with Crippen LogP contribution in [0.15, 0.2) is 12.2 Å². The molecule has 0 aromatic rings. The van der Waals surface area contributed by atoms with Gasteiger partial charge < -0.3 is 5.32 Å². The van der Waals surface area contributed by atoms with Crippen LogP contribution in [0, 0.1) is 5.92 Å². The van der Waals surface area contributed by atoms with Crippen LogP contribution in [-0.2, 0) is 0 Å². The van der Waals surface area contributed by atoms with Crippen LogP contribution < -0.4 is 5.32 Å². The van der Waals surface area contributed by atoms with Crippen LogP contribution in [0.25, 0.3) is 0 Å². The Morgan fingerprint density at radius 3 is 2.92 bits per heavy atom. The summed E-state index contributed by atoms with van der Waals surface area (Å²) in [5, 5.41) is 3.55. The average molecular weight is 167 g/mol. The SMILES string of the molecule is C=C(C)CC1CC(CC)CCN1. The zero-order valence-corrected chi connectivity index (χ0v) is 8.40. The summed E-state index contributed by atoms with van der Waals surface area (Å²) in [6, 6.07) is 0.709. The first kappa shape index (κ1) is 9.79. The van der Waals surface area contributed by atoms with Crippen molar-refractivity contribution in [1.29, 1.82) is 0 Å². The quantitative estimate of drug-likeness (QED) is 0.637. The Balaban J connectivity index is 2.30. The second kappa shape index (κ2) is 4.66. The highest BCUT2D eigenvalue weighted by Crippen LogP contribution is 2.22. The third-order valence-electron chi connectivity index (χ3n) is 2.78. The minimum absolute atomic E-state index is 0.709. The van der Waals surface area contributed by atoms with Crippen molar-refractivity contribution in [2.45, 2.75) is 45.6 Å². The lowest BCUT2D eigenvalue weighted by atomic mass is 9.88. The van der Waals surface area contributed by atoms with Crippen molar-refractivity contribution in [1.82, 2.24) is 5.32 Å². The molecule has 70 valence electrons. The van der Waals surface area contributed by atoms with Crippen molar-refractivity contribution < 1.29 is 0 Å². The Morgan fingerprint density at radius 2 is 2.33 bits per heavy atom. The minimum Gasteiger partial charge on any atom is -0.314 e. The normalized spacial score (nSPS) is 30.2. The van der Waals surface area contributed by atoms with E-state index in [4.69, 9.17) is 0 Å². The van der Waals surface area contributed by atoms with Gasteiger partial charge >= 0.3 is 0 Å². The lowest BCUT2D eigenvalue weighted by Gasteiger charge is -2.29. The largest absolute Gasteiger partial charge is 0.314 e. The average Bonchev–Trinajstić information content (AvgIpc) is 2.03. The second-order valence-electron chi connectivity index (χ2n) is 4.11. The standard InChI is InChI=1S/C11H21N/c1-4-10-5-6-12-11(8-10)7-9(2)3/h10-12H,2,4-8H2,1,3H3. The van der Waals surface area contributed by atoms with E-state index >= 15 is 0 Å².